The minimum absolute atomic E-state index is 0. The molecule has 3 N–H and O–H groups in total. The second-order valence-electron chi connectivity index (χ2n) is 7.25. The van der Waals surface area contributed by atoms with E-state index in [2.05, 4.69) is 20.7 Å². The minimum Gasteiger partial charge on any atom is -0.325 e. The molecule has 4 rings (SSSR count). The van der Waals surface area contributed by atoms with Gasteiger partial charge < -0.3 is 15.6 Å². The van der Waals surface area contributed by atoms with E-state index in [1.807, 2.05) is 10.9 Å². The molecule has 3 heterocycles. The van der Waals surface area contributed by atoms with E-state index in [0.29, 0.717) is 35.8 Å². The Balaban J connectivity index is 0.00000225. The summed E-state index contributed by atoms with van der Waals surface area (Å²) in [6, 6.07) is 3.13. The Hall–Kier alpha value is -2.45. The molecule has 0 bridgehead atoms. The van der Waals surface area contributed by atoms with Crippen LogP contribution in [0.5, 0.6) is 0 Å². The summed E-state index contributed by atoms with van der Waals surface area (Å²) < 4.78 is 1.83. The van der Waals surface area contributed by atoms with Gasteiger partial charge in [-0.15, -0.1) is 12.4 Å². The number of pyridine rings is 1. The van der Waals surface area contributed by atoms with E-state index in [1.54, 1.807) is 6.07 Å². The number of Topliss-reactive ketones (excluding diaryl/α,β-unsaturated/α-hetero) is 1. The molecule has 2 aliphatic rings. The van der Waals surface area contributed by atoms with Gasteiger partial charge in [-0.3, -0.25) is 19.1 Å². The van der Waals surface area contributed by atoms with Crippen molar-refractivity contribution >= 4 is 29.9 Å². The first-order valence-electron chi connectivity index (χ1n) is 9.45. The van der Waals surface area contributed by atoms with Crippen LogP contribution in [-0.2, 0) is 13.0 Å². The normalized spacial score (nSPS) is 16.9. The van der Waals surface area contributed by atoms with Crippen LogP contribution < -0.4 is 16.2 Å². The Morgan fingerprint density at radius 2 is 2.04 bits per heavy atom. The van der Waals surface area contributed by atoms with Crippen LogP contribution >= 0.6 is 12.4 Å². The standard InChI is InChI=1S/C19H23N5O3.ClH/c25-16-3-1-2-15-13(16)10-14(18(26)21-15)19(27)22-17-6-9-24(23-17)11-12-4-7-20-8-5-12;/h6,9-10,12,20H,1-5,7-8,11H2,(H,21,26)(H,22,23,27);1H. The molecule has 1 saturated heterocycles. The van der Waals surface area contributed by atoms with Gasteiger partial charge in [0, 0.05) is 36.5 Å². The number of piperidine rings is 1. The van der Waals surface area contributed by atoms with Crippen LogP contribution in [0.3, 0.4) is 0 Å². The van der Waals surface area contributed by atoms with Gasteiger partial charge in [-0.2, -0.15) is 5.10 Å². The lowest BCUT2D eigenvalue weighted by atomic mass is 9.93. The number of rotatable bonds is 4. The molecule has 1 fully saturated rings. The Morgan fingerprint density at radius 3 is 2.82 bits per heavy atom. The van der Waals surface area contributed by atoms with Crippen molar-refractivity contribution in [1.29, 1.82) is 0 Å². The fraction of sp³-hybridized carbons (Fsp3) is 0.474. The fourth-order valence-corrected chi connectivity index (χ4v) is 3.79. The lowest BCUT2D eigenvalue weighted by Gasteiger charge is -2.22. The summed E-state index contributed by atoms with van der Waals surface area (Å²) in [4.78, 5) is 39.5. The average molecular weight is 406 g/mol. The van der Waals surface area contributed by atoms with Gasteiger partial charge in [0.1, 0.15) is 5.56 Å². The molecule has 28 heavy (non-hydrogen) atoms. The number of nitrogens with zero attached hydrogens (tertiary/aromatic N) is 2. The highest BCUT2D eigenvalue weighted by Gasteiger charge is 2.22. The van der Waals surface area contributed by atoms with Gasteiger partial charge >= 0.3 is 0 Å². The number of aromatic nitrogens is 3. The third-order valence-corrected chi connectivity index (χ3v) is 5.28. The van der Waals surface area contributed by atoms with Crippen LogP contribution in [0.4, 0.5) is 5.82 Å². The molecule has 9 heteroatoms. The minimum atomic E-state index is -0.551. The summed E-state index contributed by atoms with van der Waals surface area (Å²) >= 11 is 0. The molecule has 0 unspecified atom stereocenters. The number of hydrogen-bond donors (Lipinski definition) is 3. The number of halogens is 1. The van der Waals surface area contributed by atoms with Crippen molar-refractivity contribution in [2.75, 3.05) is 18.4 Å². The first-order chi connectivity index (χ1) is 13.1. The van der Waals surface area contributed by atoms with Gasteiger partial charge in [-0.05, 0) is 50.8 Å². The van der Waals surface area contributed by atoms with E-state index in [4.69, 9.17) is 0 Å². The van der Waals surface area contributed by atoms with Crippen molar-refractivity contribution in [3.05, 3.63) is 45.5 Å². The Labute approximate surface area is 168 Å². The number of fused-ring (bicyclic) bond motifs is 1. The number of anilines is 1. The summed E-state index contributed by atoms with van der Waals surface area (Å²) in [6.07, 6.45) is 5.88. The van der Waals surface area contributed by atoms with Crippen molar-refractivity contribution < 1.29 is 9.59 Å². The van der Waals surface area contributed by atoms with Gasteiger partial charge in [0.25, 0.3) is 11.5 Å². The first-order valence-corrected chi connectivity index (χ1v) is 9.45. The maximum Gasteiger partial charge on any atom is 0.262 e. The number of amides is 1. The van der Waals surface area contributed by atoms with Crippen LogP contribution in [0.15, 0.2) is 23.1 Å². The van der Waals surface area contributed by atoms with Crippen molar-refractivity contribution in [3.8, 4) is 0 Å². The molecule has 1 amide bonds. The third-order valence-electron chi connectivity index (χ3n) is 5.28. The number of ketones is 1. The lowest BCUT2D eigenvalue weighted by molar-refractivity contribution is 0.0971. The first kappa shape index (κ1) is 20.3. The van der Waals surface area contributed by atoms with Crippen LogP contribution in [0.2, 0.25) is 0 Å². The number of hydrogen-bond acceptors (Lipinski definition) is 5. The molecule has 0 spiro atoms. The second kappa shape index (κ2) is 8.70. The zero-order valence-corrected chi connectivity index (χ0v) is 16.3. The number of carbonyl (C=O) groups is 2. The molecule has 1 aliphatic carbocycles. The molecule has 2 aromatic heterocycles. The molecular formula is C19H24ClN5O3. The van der Waals surface area contributed by atoms with E-state index >= 15 is 0 Å². The highest BCUT2D eigenvalue weighted by atomic mass is 35.5. The van der Waals surface area contributed by atoms with Gasteiger partial charge in [0.15, 0.2) is 11.6 Å². The summed E-state index contributed by atoms with van der Waals surface area (Å²) in [5.41, 5.74) is 0.536. The van der Waals surface area contributed by atoms with Crippen LogP contribution in [0.1, 0.15) is 52.1 Å². The van der Waals surface area contributed by atoms with Crippen molar-refractivity contribution in [2.45, 2.75) is 38.6 Å². The van der Waals surface area contributed by atoms with Gasteiger partial charge in [0.05, 0.1) is 0 Å². The zero-order valence-electron chi connectivity index (χ0n) is 15.5. The summed E-state index contributed by atoms with van der Waals surface area (Å²) in [6.45, 7) is 2.86. The Morgan fingerprint density at radius 1 is 1.25 bits per heavy atom. The quantitative estimate of drug-likeness (QED) is 0.718. The maximum absolute atomic E-state index is 12.5. The summed E-state index contributed by atoms with van der Waals surface area (Å²) in [5, 5.41) is 10.4. The smallest absolute Gasteiger partial charge is 0.262 e. The number of carbonyl (C=O) groups excluding carboxylic acids is 2. The largest absolute Gasteiger partial charge is 0.325 e. The van der Waals surface area contributed by atoms with Crippen LogP contribution in [0.25, 0.3) is 0 Å². The maximum atomic E-state index is 12.5. The van der Waals surface area contributed by atoms with Gasteiger partial charge in [-0.1, -0.05) is 0 Å². The number of H-pyrrole nitrogens is 1. The lowest BCUT2D eigenvalue weighted by Crippen LogP contribution is -2.30. The molecular weight excluding hydrogens is 382 g/mol. The molecule has 150 valence electrons. The van der Waals surface area contributed by atoms with E-state index in [9.17, 15) is 14.4 Å². The average Bonchev–Trinajstić information content (AvgIpc) is 3.09. The van der Waals surface area contributed by atoms with E-state index in [-0.39, 0.29) is 23.8 Å². The molecule has 0 atom stereocenters. The van der Waals surface area contributed by atoms with Gasteiger partial charge in [0.2, 0.25) is 0 Å². The fourth-order valence-electron chi connectivity index (χ4n) is 3.79. The number of aromatic amines is 1. The second-order valence-corrected chi connectivity index (χ2v) is 7.25. The third kappa shape index (κ3) is 4.34. The van der Waals surface area contributed by atoms with Crippen LogP contribution in [-0.4, -0.2) is 39.5 Å². The molecule has 0 saturated carbocycles. The highest BCUT2D eigenvalue weighted by molar-refractivity contribution is 6.06. The van der Waals surface area contributed by atoms with Crippen molar-refractivity contribution in [3.63, 3.8) is 0 Å². The topological polar surface area (TPSA) is 109 Å². The molecule has 1 aliphatic heterocycles. The van der Waals surface area contributed by atoms with Crippen molar-refractivity contribution in [2.24, 2.45) is 5.92 Å². The summed E-state index contributed by atoms with van der Waals surface area (Å²) in [5.74, 6) is 0.388. The molecule has 2 aromatic rings. The van der Waals surface area contributed by atoms with Gasteiger partial charge in [-0.25, -0.2) is 0 Å². The van der Waals surface area contributed by atoms with Crippen LogP contribution in [0, 0.1) is 5.92 Å². The van der Waals surface area contributed by atoms with E-state index in [0.717, 1.165) is 38.9 Å². The number of nitrogens with one attached hydrogen (secondary N) is 3. The van der Waals surface area contributed by atoms with Crippen molar-refractivity contribution in [1.82, 2.24) is 20.1 Å². The Bertz CT molecular complexity index is 930. The Kier molecular flexibility index (Phi) is 6.31. The zero-order chi connectivity index (χ0) is 18.8. The molecule has 0 radical (unpaired) electrons. The summed E-state index contributed by atoms with van der Waals surface area (Å²) in [7, 11) is 0. The highest BCUT2D eigenvalue weighted by Crippen LogP contribution is 2.19. The monoisotopic (exact) mass is 405 g/mol. The SMILES string of the molecule is Cl.O=C1CCCc2[nH]c(=O)c(C(=O)Nc3ccn(CC4CCNCC4)n3)cc21. The number of aryl methyl sites for hydroxylation is 1. The predicted molar refractivity (Wildman–Crippen MR) is 107 cm³/mol. The van der Waals surface area contributed by atoms with E-state index < -0.39 is 11.5 Å². The molecule has 8 nitrogen and oxygen atoms in total. The predicted octanol–water partition coefficient (Wildman–Crippen LogP) is 1.76. The van der Waals surface area contributed by atoms with E-state index in [1.165, 1.54) is 6.07 Å². The molecule has 0 aromatic carbocycles.